The number of ether oxygens (including phenoxy) is 1. The summed E-state index contributed by atoms with van der Waals surface area (Å²) in [4.78, 5) is 4.09. The molecule has 1 atom stereocenters. The molecule has 5 heteroatoms. The first kappa shape index (κ1) is 14.0. The highest BCUT2D eigenvalue weighted by atomic mass is 79.9. The molecule has 2 rings (SSSR count). The summed E-state index contributed by atoms with van der Waals surface area (Å²) in [6.45, 7) is 2.46. The predicted molar refractivity (Wildman–Crippen MR) is 75.5 cm³/mol. The van der Waals surface area contributed by atoms with Gasteiger partial charge in [-0.1, -0.05) is 15.9 Å². The topological polar surface area (TPSA) is 48.1 Å². The second-order valence-electron chi connectivity index (χ2n) is 4.03. The van der Waals surface area contributed by atoms with E-state index in [1.165, 1.54) is 12.1 Å². The van der Waals surface area contributed by atoms with Gasteiger partial charge < -0.3 is 10.5 Å². The Morgan fingerprint density at radius 2 is 2.16 bits per heavy atom. The lowest BCUT2D eigenvalue weighted by molar-refractivity contribution is 0.338. The molecule has 0 amide bonds. The highest BCUT2D eigenvalue weighted by molar-refractivity contribution is 9.10. The smallest absolute Gasteiger partial charge is 0.137 e. The second-order valence-corrected chi connectivity index (χ2v) is 4.88. The molecule has 0 spiro atoms. The highest BCUT2D eigenvalue weighted by Crippen LogP contribution is 2.28. The summed E-state index contributed by atoms with van der Waals surface area (Å²) >= 11 is 3.38. The van der Waals surface area contributed by atoms with Crippen LogP contribution in [0.4, 0.5) is 4.39 Å². The average Bonchev–Trinajstić information content (AvgIpc) is 2.41. The Balaban J connectivity index is 2.35. The summed E-state index contributed by atoms with van der Waals surface area (Å²) in [6.07, 6.45) is 3.28. The SMILES string of the molecule is CCOc1cncc(C(N)c2cc(F)ccc2Br)c1. The van der Waals surface area contributed by atoms with Gasteiger partial charge in [0.05, 0.1) is 18.8 Å². The maximum Gasteiger partial charge on any atom is 0.137 e. The van der Waals surface area contributed by atoms with Crippen LogP contribution in [0.5, 0.6) is 5.75 Å². The minimum absolute atomic E-state index is 0.317. The van der Waals surface area contributed by atoms with E-state index in [1.807, 2.05) is 13.0 Å². The molecule has 0 aliphatic carbocycles. The molecule has 0 fully saturated rings. The number of hydrogen-bond donors (Lipinski definition) is 1. The lowest BCUT2D eigenvalue weighted by Gasteiger charge is -2.15. The third-order valence-corrected chi connectivity index (χ3v) is 3.42. The Kier molecular flexibility index (Phi) is 4.50. The van der Waals surface area contributed by atoms with Crippen LogP contribution in [0.3, 0.4) is 0 Å². The number of halogens is 2. The molecular weight excluding hydrogens is 311 g/mol. The number of nitrogens with two attached hydrogens (primary N) is 1. The van der Waals surface area contributed by atoms with Gasteiger partial charge >= 0.3 is 0 Å². The van der Waals surface area contributed by atoms with Crippen LogP contribution in [0.25, 0.3) is 0 Å². The molecule has 0 saturated heterocycles. The van der Waals surface area contributed by atoms with Gasteiger partial charge in [0.1, 0.15) is 11.6 Å². The fraction of sp³-hybridized carbons (Fsp3) is 0.214. The van der Waals surface area contributed by atoms with Crippen molar-refractivity contribution in [2.45, 2.75) is 13.0 Å². The van der Waals surface area contributed by atoms with Crippen LogP contribution in [0, 0.1) is 5.82 Å². The van der Waals surface area contributed by atoms with Gasteiger partial charge in [-0.3, -0.25) is 4.98 Å². The summed E-state index contributed by atoms with van der Waals surface area (Å²) in [6, 6.07) is 5.80. The minimum Gasteiger partial charge on any atom is -0.492 e. The number of hydrogen-bond acceptors (Lipinski definition) is 3. The Morgan fingerprint density at radius 1 is 1.37 bits per heavy atom. The Bertz CT molecular complexity index is 577. The lowest BCUT2D eigenvalue weighted by atomic mass is 10.0. The molecule has 1 heterocycles. The Hall–Kier alpha value is -1.46. The quantitative estimate of drug-likeness (QED) is 0.937. The molecule has 1 aromatic heterocycles. The van der Waals surface area contributed by atoms with Crippen LogP contribution in [0.2, 0.25) is 0 Å². The van der Waals surface area contributed by atoms with Crippen molar-refractivity contribution in [2.24, 2.45) is 5.73 Å². The molecule has 0 saturated carbocycles. The van der Waals surface area contributed by atoms with Crippen molar-refractivity contribution in [3.8, 4) is 5.75 Å². The monoisotopic (exact) mass is 324 g/mol. The maximum atomic E-state index is 13.3. The van der Waals surface area contributed by atoms with Gasteiger partial charge in [-0.2, -0.15) is 0 Å². The molecule has 0 bridgehead atoms. The number of aromatic nitrogens is 1. The fourth-order valence-electron chi connectivity index (χ4n) is 1.78. The summed E-state index contributed by atoms with van der Waals surface area (Å²) in [5, 5.41) is 0. The minimum atomic E-state index is -0.460. The van der Waals surface area contributed by atoms with Crippen molar-refractivity contribution >= 4 is 15.9 Å². The summed E-state index contributed by atoms with van der Waals surface area (Å²) in [5.74, 6) is 0.338. The highest BCUT2D eigenvalue weighted by Gasteiger charge is 2.14. The number of nitrogens with zero attached hydrogens (tertiary/aromatic N) is 1. The van der Waals surface area contributed by atoms with Crippen molar-refractivity contribution < 1.29 is 9.13 Å². The summed E-state index contributed by atoms with van der Waals surface area (Å²) < 4.78 is 19.5. The van der Waals surface area contributed by atoms with Crippen LogP contribution in [-0.4, -0.2) is 11.6 Å². The molecule has 1 unspecified atom stereocenters. The largest absolute Gasteiger partial charge is 0.492 e. The molecule has 2 N–H and O–H groups in total. The molecule has 0 aliphatic heterocycles. The second kappa shape index (κ2) is 6.12. The van der Waals surface area contributed by atoms with Gasteiger partial charge in [0.2, 0.25) is 0 Å². The van der Waals surface area contributed by atoms with E-state index in [1.54, 1.807) is 18.5 Å². The first-order valence-corrected chi connectivity index (χ1v) is 6.69. The molecule has 0 radical (unpaired) electrons. The van der Waals surface area contributed by atoms with E-state index in [0.717, 1.165) is 10.0 Å². The van der Waals surface area contributed by atoms with Gasteiger partial charge in [0.15, 0.2) is 0 Å². The van der Waals surface area contributed by atoms with E-state index >= 15 is 0 Å². The maximum absolute atomic E-state index is 13.3. The van der Waals surface area contributed by atoms with E-state index in [4.69, 9.17) is 10.5 Å². The van der Waals surface area contributed by atoms with Crippen molar-refractivity contribution in [2.75, 3.05) is 6.61 Å². The third-order valence-electron chi connectivity index (χ3n) is 2.70. The van der Waals surface area contributed by atoms with Gasteiger partial charge in [-0.25, -0.2) is 4.39 Å². The zero-order chi connectivity index (χ0) is 13.8. The molecule has 1 aromatic carbocycles. The average molecular weight is 325 g/mol. The standard InChI is InChI=1S/C14H14BrFN2O/c1-2-19-11-5-9(7-18-8-11)14(17)12-6-10(16)3-4-13(12)15/h3-8,14H,2,17H2,1H3. The lowest BCUT2D eigenvalue weighted by Crippen LogP contribution is -2.13. The van der Waals surface area contributed by atoms with Crippen molar-refractivity contribution in [3.05, 3.63) is 58.1 Å². The van der Waals surface area contributed by atoms with Gasteiger partial charge in [0.25, 0.3) is 0 Å². The van der Waals surface area contributed by atoms with E-state index in [0.29, 0.717) is 17.9 Å². The molecule has 100 valence electrons. The van der Waals surface area contributed by atoms with Gasteiger partial charge in [-0.15, -0.1) is 0 Å². The van der Waals surface area contributed by atoms with Crippen molar-refractivity contribution in [1.82, 2.24) is 4.98 Å². The molecule has 0 aliphatic rings. The molecular formula is C14H14BrFN2O. The number of pyridine rings is 1. The normalized spacial score (nSPS) is 12.2. The molecule has 3 nitrogen and oxygen atoms in total. The zero-order valence-electron chi connectivity index (χ0n) is 10.4. The van der Waals surface area contributed by atoms with E-state index in [9.17, 15) is 4.39 Å². The van der Waals surface area contributed by atoms with Crippen LogP contribution >= 0.6 is 15.9 Å². The van der Waals surface area contributed by atoms with Crippen LogP contribution in [0.1, 0.15) is 24.1 Å². The summed E-state index contributed by atoms with van der Waals surface area (Å²) in [5.41, 5.74) is 7.61. The fourth-order valence-corrected chi connectivity index (χ4v) is 2.28. The van der Waals surface area contributed by atoms with Crippen LogP contribution in [0.15, 0.2) is 41.1 Å². The van der Waals surface area contributed by atoms with E-state index < -0.39 is 6.04 Å². The van der Waals surface area contributed by atoms with Gasteiger partial charge in [0, 0.05) is 10.7 Å². The van der Waals surface area contributed by atoms with Crippen molar-refractivity contribution in [3.63, 3.8) is 0 Å². The van der Waals surface area contributed by atoms with Crippen molar-refractivity contribution in [1.29, 1.82) is 0 Å². The van der Waals surface area contributed by atoms with Crippen LogP contribution in [-0.2, 0) is 0 Å². The first-order chi connectivity index (χ1) is 9.11. The predicted octanol–water partition coefficient (Wildman–Crippen LogP) is 3.43. The Labute approximate surface area is 119 Å². The number of benzene rings is 1. The van der Waals surface area contributed by atoms with Gasteiger partial charge in [-0.05, 0) is 42.3 Å². The Morgan fingerprint density at radius 3 is 2.89 bits per heavy atom. The molecule has 19 heavy (non-hydrogen) atoms. The van der Waals surface area contributed by atoms with Crippen LogP contribution < -0.4 is 10.5 Å². The third kappa shape index (κ3) is 3.30. The zero-order valence-corrected chi connectivity index (χ0v) is 12.0. The summed E-state index contributed by atoms with van der Waals surface area (Å²) in [7, 11) is 0. The molecule has 2 aromatic rings. The first-order valence-electron chi connectivity index (χ1n) is 5.90. The number of rotatable bonds is 4. The van der Waals surface area contributed by atoms with E-state index in [2.05, 4.69) is 20.9 Å². The van der Waals surface area contributed by atoms with E-state index in [-0.39, 0.29) is 5.82 Å².